The summed E-state index contributed by atoms with van der Waals surface area (Å²) in [5.74, 6) is 0. The van der Waals surface area contributed by atoms with E-state index < -0.39 is 8.80 Å². The van der Waals surface area contributed by atoms with Crippen LogP contribution in [0.3, 0.4) is 0 Å². The molecule has 0 N–H and O–H groups in total. The van der Waals surface area contributed by atoms with Crippen molar-refractivity contribution >= 4 is 8.80 Å². The van der Waals surface area contributed by atoms with E-state index in [1.165, 1.54) is 38.5 Å². The second kappa shape index (κ2) is 14.0. The van der Waals surface area contributed by atoms with E-state index in [1.54, 1.807) is 27.4 Å². The fraction of sp³-hybridized carbons (Fsp3) is 0.765. The Morgan fingerprint density at radius 2 is 1.45 bits per heavy atom. The van der Waals surface area contributed by atoms with Crippen LogP contribution in [0.15, 0.2) is 24.1 Å². The average Bonchev–Trinajstić information content (AvgIpc) is 2.56. The first kappa shape index (κ1) is 21.4. The molecule has 5 heteroatoms. The summed E-state index contributed by atoms with van der Waals surface area (Å²) >= 11 is 0. The lowest BCUT2D eigenvalue weighted by Gasteiger charge is -2.26. The lowest BCUT2D eigenvalue weighted by atomic mass is 10.1. The van der Waals surface area contributed by atoms with Crippen LogP contribution in [0.1, 0.15) is 58.3 Å². The van der Waals surface area contributed by atoms with Gasteiger partial charge in [-0.3, -0.25) is 0 Å². The molecule has 130 valence electrons. The van der Waals surface area contributed by atoms with E-state index >= 15 is 0 Å². The minimum atomic E-state index is -2.88. The van der Waals surface area contributed by atoms with Crippen molar-refractivity contribution in [3.63, 3.8) is 0 Å². The maximum absolute atomic E-state index is 5.72. The summed E-state index contributed by atoms with van der Waals surface area (Å²) in [4.78, 5) is 0. The van der Waals surface area contributed by atoms with Crippen LogP contribution in [0.2, 0.25) is 0 Å². The Labute approximate surface area is 137 Å². The van der Waals surface area contributed by atoms with Crippen LogP contribution >= 0.6 is 0 Å². The second-order valence-corrected chi connectivity index (χ2v) is 8.08. The third kappa shape index (κ3) is 8.13. The molecule has 0 rings (SSSR count). The van der Waals surface area contributed by atoms with Gasteiger partial charge < -0.3 is 18.0 Å². The largest absolute Gasteiger partial charge is 0.572 e. The molecule has 0 fully saturated rings. The second-order valence-electron chi connectivity index (χ2n) is 5.25. The molecule has 0 bridgehead atoms. The number of rotatable bonds is 15. The fourth-order valence-corrected chi connectivity index (χ4v) is 4.07. The molecule has 0 aromatic carbocycles. The highest BCUT2D eigenvalue weighted by Crippen LogP contribution is 2.20. The Bertz CT molecular complexity index is 293. The molecule has 0 radical (unpaired) electrons. The molecule has 0 aliphatic carbocycles. The van der Waals surface area contributed by atoms with Gasteiger partial charge in [-0.15, -0.1) is 0 Å². The first-order chi connectivity index (χ1) is 10.7. The number of hydrogen-bond acceptors (Lipinski definition) is 4. The van der Waals surface area contributed by atoms with E-state index in [1.807, 2.05) is 0 Å². The highest BCUT2D eigenvalue weighted by Gasteiger charge is 2.45. The molecule has 0 saturated heterocycles. The Morgan fingerprint density at radius 1 is 0.909 bits per heavy atom. The molecule has 0 spiro atoms. The van der Waals surface area contributed by atoms with Crippen LogP contribution in [0.4, 0.5) is 0 Å². The smallest absolute Gasteiger partial charge is 0.491 e. The lowest BCUT2D eigenvalue weighted by Crippen LogP contribution is -2.46. The summed E-state index contributed by atoms with van der Waals surface area (Å²) in [5, 5.41) is 0.686. The zero-order valence-electron chi connectivity index (χ0n) is 14.9. The molecule has 0 saturated carbocycles. The molecule has 0 unspecified atom stereocenters. The van der Waals surface area contributed by atoms with Gasteiger partial charge >= 0.3 is 8.80 Å². The zero-order valence-corrected chi connectivity index (χ0v) is 15.9. The van der Waals surface area contributed by atoms with Gasteiger partial charge in [0.15, 0.2) is 5.38 Å². The van der Waals surface area contributed by atoms with Gasteiger partial charge in [-0.05, 0) is 18.9 Å². The highest BCUT2D eigenvalue weighted by atomic mass is 28.4. The molecule has 0 aliphatic rings. The van der Waals surface area contributed by atoms with E-state index in [9.17, 15) is 0 Å². The molecular formula is C17H34O4Si. The maximum atomic E-state index is 5.72. The van der Waals surface area contributed by atoms with Crippen molar-refractivity contribution in [2.45, 2.75) is 58.3 Å². The maximum Gasteiger partial charge on any atom is 0.572 e. The molecule has 0 aromatic rings. The highest BCUT2D eigenvalue weighted by molar-refractivity contribution is 6.68. The summed E-state index contributed by atoms with van der Waals surface area (Å²) in [6, 6.07) is 0. The van der Waals surface area contributed by atoms with Gasteiger partial charge in [0.2, 0.25) is 0 Å². The number of ether oxygens (including phenoxy) is 1. The molecule has 0 amide bonds. The Balaban J connectivity index is 4.34. The van der Waals surface area contributed by atoms with Crippen molar-refractivity contribution in [2.24, 2.45) is 0 Å². The van der Waals surface area contributed by atoms with Crippen LogP contribution < -0.4 is 0 Å². The van der Waals surface area contributed by atoms with Crippen LogP contribution in [0.5, 0.6) is 0 Å². The normalized spacial score (nSPS) is 12.5. The summed E-state index contributed by atoms with van der Waals surface area (Å²) < 4.78 is 22.2. The van der Waals surface area contributed by atoms with Crippen molar-refractivity contribution < 1.29 is 18.0 Å². The summed E-state index contributed by atoms with van der Waals surface area (Å²) in [6.07, 6.45) is 13.7. The Kier molecular flexibility index (Phi) is 13.6. The molecule has 0 aliphatic heterocycles. The third-order valence-electron chi connectivity index (χ3n) is 3.60. The number of unbranched alkanes of at least 4 members (excludes halogenated alkanes) is 7. The van der Waals surface area contributed by atoms with Gasteiger partial charge in [-0.25, -0.2) is 0 Å². The van der Waals surface area contributed by atoms with Crippen LogP contribution in [-0.4, -0.2) is 36.7 Å². The monoisotopic (exact) mass is 330 g/mol. The van der Waals surface area contributed by atoms with E-state index in [4.69, 9.17) is 18.0 Å². The summed E-state index contributed by atoms with van der Waals surface area (Å²) in [7, 11) is 1.91. The number of hydrogen-bond donors (Lipinski definition) is 0. The lowest BCUT2D eigenvalue weighted by molar-refractivity contribution is 0.103. The van der Waals surface area contributed by atoms with E-state index in [0.29, 0.717) is 12.0 Å². The van der Waals surface area contributed by atoms with Crippen LogP contribution in [0, 0.1) is 0 Å². The topological polar surface area (TPSA) is 36.9 Å². The van der Waals surface area contributed by atoms with Gasteiger partial charge in [-0.1, -0.05) is 58.1 Å². The fourth-order valence-electron chi connectivity index (χ4n) is 2.31. The number of allylic oxidation sites excluding steroid dienone is 1. The van der Waals surface area contributed by atoms with Gasteiger partial charge in [-0.2, -0.15) is 0 Å². The third-order valence-corrected chi connectivity index (χ3v) is 6.17. The molecule has 0 aromatic heterocycles. The van der Waals surface area contributed by atoms with Crippen molar-refractivity contribution in [3.05, 3.63) is 24.1 Å². The summed E-state index contributed by atoms with van der Waals surface area (Å²) in [5.41, 5.74) is 0. The standard InChI is InChI=1S/C17H34O4Si/c1-6-8-9-10-11-12-13-14-15-17(21-16-7-2)22(18-3,19-4)20-5/h7,15H,2,6,8-14,16H2,1,3-5H3. The quantitative estimate of drug-likeness (QED) is 0.190. The first-order valence-electron chi connectivity index (χ1n) is 8.30. The Morgan fingerprint density at radius 3 is 1.95 bits per heavy atom. The van der Waals surface area contributed by atoms with E-state index in [0.717, 1.165) is 12.8 Å². The van der Waals surface area contributed by atoms with Crippen molar-refractivity contribution in [3.8, 4) is 0 Å². The predicted octanol–water partition coefficient (Wildman–Crippen LogP) is 4.63. The first-order valence-corrected chi connectivity index (χ1v) is 10.0. The molecule has 0 atom stereocenters. The van der Waals surface area contributed by atoms with Crippen molar-refractivity contribution in [1.29, 1.82) is 0 Å². The summed E-state index contributed by atoms with van der Waals surface area (Å²) in [6.45, 7) is 6.35. The van der Waals surface area contributed by atoms with E-state index in [-0.39, 0.29) is 0 Å². The zero-order chi connectivity index (χ0) is 16.7. The van der Waals surface area contributed by atoms with Crippen LogP contribution in [0.25, 0.3) is 0 Å². The van der Waals surface area contributed by atoms with Crippen molar-refractivity contribution in [2.75, 3.05) is 27.9 Å². The predicted molar refractivity (Wildman–Crippen MR) is 93.6 cm³/mol. The average molecular weight is 331 g/mol. The Hall–Kier alpha value is -0.623. The molecular weight excluding hydrogens is 296 g/mol. The van der Waals surface area contributed by atoms with Crippen LogP contribution in [-0.2, 0) is 18.0 Å². The molecule has 0 heterocycles. The van der Waals surface area contributed by atoms with Gasteiger partial charge in [0.25, 0.3) is 0 Å². The molecule has 22 heavy (non-hydrogen) atoms. The van der Waals surface area contributed by atoms with Crippen molar-refractivity contribution in [1.82, 2.24) is 0 Å². The van der Waals surface area contributed by atoms with Gasteiger partial charge in [0, 0.05) is 21.3 Å². The minimum absolute atomic E-state index is 0.424. The van der Waals surface area contributed by atoms with Gasteiger partial charge in [0.05, 0.1) is 0 Å². The van der Waals surface area contributed by atoms with Gasteiger partial charge in [0.1, 0.15) is 6.61 Å². The van der Waals surface area contributed by atoms with E-state index in [2.05, 4.69) is 19.6 Å². The molecule has 4 nitrogen and oxygen atoms in total. The SMILES string of the molecule is C=CCOC(=CCCCCCCCCC)[Si](OC)(OC)OC. The minimum Gasteiger partial charge on any atom is -0.491 e.